The highest BCUT2D eigenvalue weighted by Crippen LogP contribution is 2.37. The van der Waals surface area contributed by atoms with E-state index in [4.69, 9.17) is 4.74 Å². The molecule has 0 bridgehead atoms. The monoisotopic (exact) mass is 351 g/mol. The molecule has 4 rings (SSSR count). The first-order valence-electron chi connectivity index (χ1n) is 9.43. The lowest BCUT2D eigenvalue weighted by Gasteiger charge is -2.40. The van der Waals surface area contributed by atoms with Gasteiger partial charge in [-0.05, 0) is 24.3 Å². The Kier molecular flexibility index (Phi) is 4.72. The lowest BCUT2D eigenvalue weighted by molar-refractivity contribution is -0.0954. The minimum absolute atomic E-state index is 0.0118. The third kappa shape index (κ3) is 3.63. The molecule has 1 aliphatic heterocycles. The molecule has 26 heavy (non-hydrogen) atoms. The van der Waals surface area contributed by atoms with Crippen LogP contribution in [0.25, 0.3) is 0 Å². The summed E-state index contributed by atoms with van der Waals surface area (Å²) in [6.45, 7) is 5.42. The van der Waals surface area contributed by atoms with Gasteiger partial charge in [-0.1, -0.05) is 44.2 Å². The maximum absolute atomic E-state index is 13.0. The van der Waals surface area contributed by atoms with E-state index < -0.39 is 0 Å². The molecule has 1 aromatic heterocycles. The molecule has 2 aliphatic rings. The third-order valence-corrected chi connectivity index (χ3v) is 5.19. The zero-order chi connectivity index (χ0) is 18.1. The molecule has 0 unspecified atom stereocenters. The second kappa shape index (κ2) is 7.16. The molecule has 1 saturated heterocycles. The summed E-state index contributed by atoms with van der Waals surface area (Å²) in [5.41, 5.74) is 1.67. The summed E-state index contributed by atoms with van der Waals surface area (Å²) in [6, 6.07) is 10.1. The summed E-state index contributed by atoms with van der Waals surface area (Å²) < 4.78 is 6.28. The Morgan fingerprint density at radius 3 is 2.42 bits per heavy atom. The SMILES string of the molecule is CC(C)[C@H]1CN(C(=O)c2cnc(C3CC3)nc2)C[C@@H](c2ccccc2)O1. The van der Waals surface area contributed by atoms with E-state index in [1.54, 1.807) is 12.4 Å². The molecule has 1 amide bonds. The van der Waals surface area contributed by atoms with Crippen molar-refractivity contribution in [3.8, 4) is 0 Å². The molecule has 1 saturated carbocycles. The standard InChI is InChI=1S/C21H25N3O2/c1-14(2)18-12-24(13-19(26-18)15-6-4-3-5-7-15)21(25)17-10-22-20(23-11-17)16-8-9-16/h3-7,10-11,14,16,18-19H,8-9,12-13H2,1-2H3/t18-,19+/m1/s1. The van der Waals surface area contributed by atoms with Crippen LogP contribution in [0.5, 0.6) is 0 Å². The number of hydrogen-bond donors (Lipinski definition) is 0. The minimum Gasteiger partial charge on any atom is -0.366 e. The van der Waals surface area contributed by atoms with Crippen LogP contribution in [-0.2, 0) is 4.74 Å². The van der Waals surface area contributed by atoms with E-state index in [0.717, 1.165) is 24.2 Å². The van der Waals surface area contributed by atoms with E-state index >= 15 is 0 Å². The molecular formula is C21H25N3O2. The summed E-state index contributed by atoms with van der Waals surface area (Å²) in [6.07, 6.45) is 5.59. The number of amides is 1. The van der Waals surface area contributed by atoms with Gasteiger partial charge in [-0.25, -0.2) is 9.97 Å². The Morgan fingerprint density at radius 2 is 1.81 bits per heavy atom. The fourth-order valence-electron chi connectivity index (χ4n) is 3.36. The molecule has 2 atom stereocenters. The first kappa shape index (κ1) is 17.2. The number of carbonyl (C=O) groups is 1. The van der Waals surface area contributed by atoms with E-state index in [9.17, 15) is 4.79 Å². The summed E-state index contributed by atoms with van der Waals surface area (Å²) in [5, 5.41) is 0. The van der Waals surface area contributed by atoms with Crippen molar-refractivity contribution in [2.75, 3.05) is 13.1 Å². The molecule has 5 nitrogen and oxygen atoms in total. The van der Waals surface area contributed by atoms with Crippen molar-refractivity contribution in [1.29, 1.82) is 0 Å². The molecular weight excluding hydrogens is 326 g/mol. The number of nitrogens with zero attached hydrogens (tertiary/aromatic N) is 3. The van der Waals surface area contributed by atoms with E-state index in [2.05, 4.69) is 35.9 Å². The second-order valence-electron chi connectivity index (χ2n) is 7.63. The van der Waals surface area contributed by atoms with Gasteiger partial charge in [0.1, 0.15) is 11.9 Å². The van der Waals surface area contributed by atoms with Gasteiger partial charge in [-0.2, -0.15) is 0 Å². The van der Waals surface area contributed by atoms with Crippen LogP contribution in [-0.4, -0.2) is 40.0 Å². The second-order valence-corrected chi connectivity index (χ2v) is 7.63. The van der Waals surface area contributed by atoms with Crippen molar-refractivity contribution >= 4 is 5.91 Å². The number of benzene rings is 1. The largest absolute Gasteiger partial charge is 0.366 e. The van der Waals surface area contributed by atoms with Gasteiger partial charge in [0.2, 0.25) is 0 Å². The van der Waals surface area contributed by atoms with Crippen LogP contribution in [0.1, 0.15) is 60.5 Å². The van der Waals surface area contributed by atoms with Gasteiger partial charge in [0.25, 0.3) is 5.91 Å². The zero-order valence-corrected chi connectivity index (χ0v) is 15.3. The summed E-state index contributed by atoms with van der Waals surface area (Å²) in [4.78, 5) is 23.7. The minimum atomic E-state index is -0.104. The Hall–Kier alpha value is -2.27. The Bertz CT molecular complexity index is 757. The van der Waals surface area contributed by atoms with Crippen LogP contribution in [0.3, 0.4) is 0 Å². The average Bonchev–Trinajstić information content (AvgIpc) is 3.53. The number of aromatic nitrogens is 2. The maximum atomic E-state index is 13.0. The third-order valence-electron chi connectivity index (χ3n) is 5.19. The quantitative estimate of drug-likeness (QED) is 0.845. The zero-order valence-electron chi connectivity index (χ0n) is 15.3. The van der Waals surface area contributed by atoms with Crippen LogP contribution in [0.15, 0.2) is 42.7 Å². The molecule has 5 heteroatoms. The number of rotatable bonds is 4. The van der Waals surface area contributed by atoms with Crippen molar-refractivity contribution in [3.05, 3.63) is 59.7 Å². The molecule has 136 valence electrons. The Labute approximate surface area is 154 Å². The van der Waals surface area contributed by atoms with Gasteiger partial charge >= 0.3 is 0 Å². The van der Waals surface area contributed by atoms with Crippen LogP contribution >= 0.6 is 0 Å². The molecule has 2 fully saturated rings. The van der Waals surface area contributed by atoms with Crippen LogP contribution in [0.4, 0.5) is 0 Å². The van der Waals surface area contributed by atoms with Crippen molar-refractivity contribution in [1.82, 2.24) is 14.9 Å². The lowest BCUT2D eigenvalue weighted by atomic mass is 10.0. The van der Waals surface area contributed by atoms with Gasteiger partial charge < -0.3 is 9.64 Å². The highest BCUT2D eigenvalue weighted by molar-refractivity contribution is 5.93. The summed E-state index contributed by atoms with van der Waals surface area (Å²) in [7, 11) is 0. The molecule has 0 spiro atoms. The van der Waals surface area contributed by atoms with E-state index in [1.165, 1.54) is 0 Å². The van der Waals surface area contributed by atoms with Gasteiger partial charge in [0, 0.05) is 24.9 Å². The molecule has 1 aliphatic carbocycles. The smallest absolute Gasteiger partial charge is 0.257 e. The van der Waals surface area contributed by atoms with Crippen molar-refractivity contribution < 1.29 is 9.53 Å². The Balaban J connectivity index is 1.54. The highest BCUT2D eigenvalue weighted by atomic mass is 16.5. The normalized spacial score (nSPS) is 23.3. The number of ether oxygens (including phenoxy) is 1. The lowest BCUT2D eigenvalue weighted by Crippen LogP contribution is -2.48. The number of hydrogen-bond acceptors (Lipinski definition) is 4. The number of morpholine rings is 1. The summed E-state index contributed by atoms with van der Waals surface area (Å²) >= 11 is 0. The first-order chi connectivity index (χ1) is 12.6. The fraction of sp³-hybridized carbons (Fsp3) is 0.476. The maximum Gasteiger partial charge on any atom is 0.257 e. The van der Waals surface area contributed by atoms with Gasteiger partial charge in [-0.3, -0.25) is 4.79 Å². The topological polar surface area (TPSA) is 55.3 Å². The van der Waals surface area contributed by atoms with Crippen LogP contribution < -0.4 is 0 Å². The average molecular weight is 351 g/mol. The van der Waals surface area contributed by atoms with Gasteiger partial charge in [0.05, 0.1) is 18.2 Å². The van der Waals surface area contributed by atoms with Crippen molar-refractivity contribution in [2.45, 2.75) is 44.8 Å². The van der Waals surface area contributed by atoms with Crippen molar-refractivity contribution in [3.63, 3.8) is 0 Å². The van der Waals surface area contributed by atoms with E-state index in [0.29, 0.717) is 30.5 Å². The van der Waals surface area contributed by atoms with Crippen LogP contribution in [0.2, 0.25) is 0 Å². The molecule has 2 aromatic rings. The number of carbonyl (C=O) groups excluding carboxylic acids is 1. The van der Waals surface area contributed by atoms with Gasteiger partial charge in [-0.15, -0.1) is 0 Å². The van der Waals surface area contributed by atoms with E-state index in [1.807, 2.05) is 23.1 Å². The molecule has 0 N–H and O–H groups in total. The van der Waals surface area contributed by atoms with Crippen molar-refractivity contribution in [2.24, 2.45) is 5.92 Å². The van der Waals surface area contributed by atoms with Gasteiger partial charge in [0.15, 0.2) is 0 Å². The highest BCUT2D eigenvalue weighted by Gasteiger charge is 2.34. The molecule has 1 aromatic carbocycles. The molecule has 2 heterocycles. The predicted octanol–water partition coefficient (Wildman–Crippen LogP) is 3.59. The Morgan fingerprint density at radius 1 is 1.12 bits per heavy atom. The first-order valence-corrected chi connectivity index (χ1v) is 9.43. The van der Waals surface area contributed by atoms with Crippen LogP contribution in [0, 0.1) is 5.92 Å². The molecule has 0 radical (unpaired) electrons. The van der Waals surface area contributed by atoms with E-state index in [-0.39, 0.29) is 18.1 Å². The summed E-state index contributed by atoms with van der Waals surface area (Å²) in [5.74, 6) is 1.69. The fourth-order valence-corrected chi connectivity index (χ4v) is 3.36. The predicted molar refractivity (Wildman–Crippen MR) is 98.8 cm³/mol.